The minimum Gasteiger partial charge on any atom is -0.379 e. The predicted octanol–water partition coefficient (Wildman–Crippen LogP) is 0.421. The molecule has 2 N–H and O–H groups in total. The normalized spacial score (nSPS) is 23.3. The van der Waals surface area contributed by atoms with Crippen molar-refractivity contribution < 1.29 is 9.53 Å². The van der Waals surface area contributed by atoms with Gasteiger partial charge in [-0.15, -0.1) is 0 Å². The van der Waals surface area contributed by atoms with Crippen LogP contribution in [-0.4, -0.2) is 38.3 Å². The van der Waals surface area contributed by atoms with Crippen molar-refractivity contribution >= 4 is 5.91 Å². The molecule has 17 heavy (non-hydrogen) atoms. The van der Waals surface area contributed by atoms with Gasteiger partial charge in [-0.05, 0) is 19.4 Å². The highest BCUT2D eigenvalue weighted by molar-refractivity contribution is 5.79. The van der Waals surface area contributed by atoms with Crippen LogP contribution < -0.4 is 10.6 Å². The highest BCUT2D eigenvalue weighted by atomic mass is 16.5. The third-order valence-electron chi connectivity index (χ3n) is 2.90. The van der Waals surface area contributed by atoms with Gasteiger partial charge in [0.05, 0.1) is 25.2 Å². The van der Waals surface area contributed by atoms with Crippen LogP contribution in [-0.2, 0) is 9.53 Å². The highest BCUT2D eigenvalue weighted by Gasteiger charge is 2.32. The molecule has 1 saturated heterocycles. The van der Waals surface area contributed by atoms with E-state index in [2.05, 4.69) is 16.7 Å². The van der Waals surface area contributed by atoms with Gasteiger partial charge in [0.2, 0.25) is 5.91 Å². The number of ether oxygens (including phenoxy) is 1. The predicted molar refractivity (Wildman–Crippen MR) is 64.2 cm³/mol. The zero-order chi connectivity index (χ0) is 12.5. The standard InChI is InChI=1S/C12H21N3O2/c1-2-14-11-9-17-8-10(11)12(16)15-7-5-3-4-6-13/h10-11,14H,2-5,7-9H2,1H3,(H,15,16). The first-order chi connectivity index (χ1) is 8.29. The molecule has 0 aromatic heterocycles. The van der Waals surface area contributed by atoms with Crippen molar-refractivity contribution in [2.45, 2.75) is 32.2 Å². The summed E-state index contributed by atoms with van der Waals surface area (Å²) in [5.74, 6) is -0.0173. The molecule has 1 heterocycles. The van der Waals surface area contributed by atoms with Crippen LogP contribution in [0.2, 0.25) is 0 Å². The number of nitrogens with one attached hydrogen (secondary N) is 2. The van der Waals surface area contributed by atoms with E-state index >= 15 is 0 Å². The molecular weight excluding hydrogens is 218 g/mol. The van der Waals surface area contributed by atoms with Gasteiger partial charge in [-0.25, -0.2) is 0 Å². The molecule has 0 saturated carbocycles. The molecule has 96 valence electrons. The molecule has 0 radical (unpaired) electrons. The van der Waals surface area contributed by atoms with Crippen LogP contribution in [0.15, 0.2) is 0 Å². The van der Waals surface area contributed by atoms with Gasteiger partial charge in [0.1, 0.15) is 0 Å². The lowest BCUT2D eigenvalue weighted by molar-refractivity contribution is -0.125. The van der Waals surface area contributed by atoms with Crippen molar-refractivity contribution in [3.63, 3.8) is 0 Å². The summed E-state index contributed by atoms with van der Waals surface area (Å²) in [5.41, 5.74) is 0. The number of unbranched alkanes of at least 4 members (excludes halogenated alkanes) is 2. The number of rotatable bonds is 7. The summed E-state index contributed by atoms with van der Waals surface area (Å²) in [6, 6.07) is 2.23. The SMILES string of the molecule is CCNC1COCC1C(=O)NCCCCC#N. The molecule has 0 aliphatic carbocycles. The van der Waals surface area contributed by atoms with Crippen LogP contribution in [0.5, 0.6) is 0 Å². The molecule has 1 fully saturated rings. The molecule has 0 spiro atoms. The van der Waals surface area contributed by atoms with Gasteiger partial charge in [0.25, 0.3) is 0 Å². The lowest BCUT2D eigenvalue weighted by atomic mass is 10.0. The summed E-state index contributed by atoms with van der Waals surface area (Å²) in [5, 5.41) is 14.5. The summed E-state index contributed by atoms with van der Waals surface area (Å²) < 4.78 is 5.32. The second-order valence-electron chi connectivity index (χ2n) is 4.21. The maximum absolute atomic E-state index is 11.9. The largest absolute Gasteiger partial charge is 0.379 e. The number of nitrogens with zero attached hydrogens (tertiary/aromatic N) is 1. The second kappa shape index (κ2) is 8.04. The second-order valence-corrected chi connectivity index (χ2v) is 4.21. The van der Waals surface area contributed by atoms with E-state index < -0.39 is 0 Å². The number of hydrogen-bond donors (Lipinski definition) is 2. The van der Waals surface area contributed by atoms with Crippen molar-refractivity contribution in [2.75, 3.05) is 26.3 Å². The Morgan fingerprint density at radius 2 is 2.29 bits per heavy atom. The first-order valence-corrected chi connectivity index (χ1v) is 6.25. The summed E-state index contributed by atoms with van der Waals surface area (Å²) in [7, 11) is 0. The van der Waals surface area contributed by atoms with Gasteiger partial charge in [0, 0.05) is 19.0 Å². The van der Waals surface area contributed by atoms with E-state index in [1.165, 1.54) is 0 Å². The number of nitriles is 1. The van der Waals surface area contributed by atoms with E-state index in [0.29, 0.717) is 26.2 Å². The summed E-state index contributed by atoms with van der Waals surface area (Å²) in [6.07, 6.45) is 2.26. The average molecular weight is 239 g/mol. The van der Waals surface area contributed by atoms with E-state index in [1.807, 2.05) is 6.92 Å². The van der Waals surface area contributed by atoms with E-state index in [-0.39, 0.29) is 17.9 Å². The maximum Gasteiger partial charge on any atom is 0.227 e. The number of carbonyl (C=O) groups excluding carboxylic acids is 1. The van der Waals surface area contributed by atoms with Crippen molar-refractivity contribution in [3.8, 4) is 6.07 Å². The zero-order valence-corrected chi connectivity index (χ0v) is 10.4. The monoisotopic (exact) mass is 239 g/mol. The Bertz CT molecular complexity index is 275. The van der Waals surface area contributed by atoms with Crippen LogP contribution in [0, 0.1) is 17.2 Å². The molecule has 2 atom stereocenters. The minimum absolute atomic E-state index is 0.0606. The Hall–Kier alpha value is -1.12. The molecule has 1 rings (SSSR count). The maximum atomic E-state index is 11.9. The molecule has 0 bridgehead atoms. The van der Waals surface area contributed by atoms with Crippen molar-refractivity contribution in [2.24, 2.45) is 5.92 Å². The van der Waals surface area contributed by atoms with Crippen LogP contribution >= 0.6 is 0 Å². The Morgan fingerprint density at radius 1 is 1.47 bits per heavy atom. The molecule has 5 heteroatoms. The molecule has 0 aromatic rings. The highest BCUT2D eigenvalue weighted by Crippen LogP contribution is 2.13. The first-order valence-electron chi connectivity index (χ1n) is 6.25. The smallest absolute Gasteiger partial charge is 0.227 e. The number of likely N-dealkylation sites (N-methyl/N-ethyl adjacent to an activating group) is 1. The Kier molecular flexibility index (Phi) is 6.60. The van der Waals surface area contributed by atoms with E-state index in [1.54, 1.807) is 0 Å². The Balaban J connectivity index is 2.20. The zero-order valence-electron chi connectivity index (χ0n) is 10.4. The molecule has 2 unspecified atom stereocenters. The van der Waals surface area contributed by atoms with E-state index in [4.69, 9.17) is 10.00 Å². The van der Waals surface area contributed by atoms with Crippen LogP contribution in [0.3, 0.4) is 0 Å². The third-order valence-corrected chi connectivity index (χ3v) is 2.90. The van der Waals surface area contributed by atoms with Gasteiger partial charge in [-0.2, -0.15) is 5.26 Å². The van der Waals surface area contributed by atoms with Crippen LogP contribution in [0.4, 0.5) is 0 Å². The lowest BCUT2D eigenvalue weighted by Crippen LogP contribution is -2.44. The number of carbonyl (C=O) groups is 1. The summed E-state index contributed by atoms with van der Waals surface area (Å²) >= 11 is 0. The quantitative estimate of drug-likeness (QED) is 0.631. The molecule has 1 amide bonds. The third kappa shape index (κ3) is 4.72. The van der Waals surface area contributed by atoms with Gasteiger partial charge >= 0.3 is 0 Å². The van der Waals surface area contributed by atoms with E-state index in [9.17, 15) is 4.79 Å². The van der Waals surface area contributed by atoms with Crippen LogP contribution in [0.1, 0.15) is 26.2 Å². The molecule has 1 aliphatic rings. The van der Waals surface area contributed by atoms with E-state index in [0.717, 1.165) is 19.4 Å². The molecule has 0 aromatic carbocycles. The van der Waals surface area contributed by atoms with Gasteiger partial charge < -0.3 is 15.4 Å². The fourth-order valence-electron chi connectivity index (χ4n) is 1.95. The molecular formula is C12H21N3O2. The molecule has 1 aliphatic heterocycles. The van der Waals surface area contributed by atoms with Crippen molar-refractivity contribution in [1.29, 1.82) is 5.26 Å². The fourth-order valence-corrected chi connectivity index (χ4v) is 1.95. The van der Waals surface area contributed by atoms with Crippen molar-refractivity contribution in [1.82, 2.24) is 10.6 Å². The average Bonchev–Trinajstić information content (AvgIpc) is 2.77. The van der Waals surface area contributed by atoms with Gasteiger partial charge in [-0.3, -0.25) is 4.79 Å². The van der Waals surface area contributed by atoms with Gasteiger partial charge in [-0.1, -0.05) is 6.92 Å². The summed E-state index contributed by atoms with van der Waals surface area (Å²) in [4.78, 5) is 11.9. The summed E-state index contributed by atoms with van der Waals surface area (Å²) in [6.45, 7) is 4.63. The van der Waals surface area contributed by atoms with Crippen molar-refractivity contribution in [3.05, 3.63) is 0 Å². The fraction of sp³-hybridized carbons (Fsp3) is 0.833. The van der Waals surface area contributed by atoms with Crippen LogP contribution in [0.25, 0.3) is 0 Å². The van der Waals surface area contributed by atoms with Gasteiger partial charge in [0.15, 0.2) is 0 Å². The molecule has 5 nitrogen and oxygen atoms in total. The number of amides is 1. The first kappa shape index (κ1) is 13.9. The number of hydrogen-bond acceptors (Lipinski definition) is 4. The topological polar surface area (TPSA) is 74.2 Å². The Labute approximate surface area is 103 Å². The minimum atomic E-state index is -0.0779. The lowest BCUT2D eigenvalue weighted by Gasteiger charge is -2.17. The Morgan fingerprint density at radius 3 is 3.00 bits per heavy atom.